The molecular weight excluding hydrogens is 316 g/mol. The molecule has 2 rings (SSSR count). The van der Waals surface area contributed by atoms with Crippen LogP contribution in [0.25, 0.3) is 0 Å². The molecule has 0 unspecified atom stereocenters. The maximum Gasteiger partial charge on any atom is 0.130 e. The van der Waals surface area contributed by atoms with E-state index in [0.29, 0.717) is 0 Å². The fourth-order valence-electron chi connectivity index (χ4n) is 1.97. The van der Waals surface area contributed by atoms with Crippen LogP contribution in [0.2, 0.25) is 0 Å². The van der Waals surface area contributed by atoms with Gasteiger partial charge in [-0.2, -0.15) is 0 Å². The maximum absolute atomic E-state index is 5.93. The van der Waals surface area contributed by atoms with Crippen LogP contribution in [0.3, 0.4) is 0 Å². The number of ether oxygens (including phenoxy) is 1. The molecule has 0 radical (unpaired) electrons. The van der Waals surface area contributed by atoms with Gasteiger partial charge in [0.2, 0.25) is 0 Å². The zero-order valence-electron chi connectivity index (χ0n) is 12.0. The van der Waals surface area contributed by atoms with Gasteiger partial charge in [-0.25, -0.2) is 0 Å². The van der Waals surface area contributed by atoms with E-state index in [-0.39, 0.29) is 0 Å². The summed E-state index contributed by atoms with van der Waals surface area (Å²) in [7, 11) is 0. The third-order valence-electron chi connectivity index (χ3n) is 2.99. The van der Waals surface area contributed by atoms with Crippen LogP contribution in [0.5, 0.6) is 11.5 Å². The molecule has 0 aliphatic heterocycles. The second-order valence-corrected chi connectivity index (χ2v) is 5.53. The van der Waals surface area contributed by atoms with Crippen LogP contribution in [0.1, 0.15) is 23.7 Å². The van der Waals surface area contributed by atoms with Crippen LogP contribution in [0, 0.1) is 13.8 Å². The minimum atomic E-state index is 0.756. The highest BCUT2D eigenvalue weighted by molar-refractivity contribution is 9.10. The van der Waals surface area contributed by atoms with Crippen LogP contribution in [-0.4, -0.2) is 11.5 Å². The molecule has 0 fully saturated rings. The molecule has 1 aromatic heterocycles. The molecule has 0 saturated carbocycles. The van der Waals surface area contributed by atoms with Crippen molar-refractivity contribution in [3.8, 4) is 11.5 Å². The van der Waals surface area contributed by atoms with E-state index >= 15 is 0 Å². The Morgan fingerprint density at radius 2 is 1.85 bits per heavy atom. The lowest BCUT2D eigenvalue weighted by atomic mass is 10.1. The first-order valence-electron chi connectivity index (χ1n) is 6.70. The predicted octanol–water partition coefficient (Wildman–Crippen LogP) is 4.36. The molecule has 3 nitrogen and oxygen atoms in total. The number of rotatable bonds is 5. The van der Waals surface area contributed by atoms with E-state index in [1.54, 1.807) is 6.20 Å². The lowest BCUT2D eigenvalue weighted by molar-refractivity contribution is 0.479. The van der Waals surface area contributed by atoms with Crippen molar-refractivity contribution in [3.63, 3.8) is 0 Å². The SMILES string of the molecule is CCNCc1cc(Oc2cc(C)c(Br)c(C)c2)ccn1. The molecular formula is C16H19BrN2O. The van der Waals surface area contributed by atoms with Gasteiger partial charge in [0, 0.05) is 23.3 Å². The van der Waals surface area contributed by atoms with Gasteiger partial charge in [-0.1, -0.05) is 22.9 Å². The summed E-state index contributed by atoms with van der Waals surface area (Å²) in [5.74, 6) is 1.66. The smallest absolute Gasteiger partial charge is 0.130 e. The number of aromatic nitrogens is 1. The standard InChI is InChI=1S/C16H19BrN2O/c1-4-18-10-13-9-14(5-6-19-13)20-15-7-11(2)16(17)12(3)8-15/h5-9,18H,4,10H2,1-3H3. The van der Waals surface area contributed by atoms with Gasteiger partial charge in [0.05, 0.1) is 5.69 Å². The highest BCUT2D eigenvalue weighted by Crippen LogP contribution is 2.29. The summed E-state index contributed by atoms with van der Waals surface area (Å²) in [6, 6.07) is 7.90. The molecule has 1 aromatic carbocycles. The lowest BCUT2D eigenvalue weighted by Crippen LogP contribution is -2.12. The minimum absolute atomic E-state index is 0.756. The molecule has 4 heteroatoms. The number of nitrogens with zero attached hydrogens (tertiary/aromatic N) is 1. The van der Waals surface area contributed by atoms with Gasteiger partial charge in [0.1, 0.15) is 11.5 Å². The van der Waals surface area contributed by atoms with Crippen LogP contribution < -0.4 is 10.1 Å². The van der Waals surface area contributed by atoms with Crippen LogP contribution in [0.4, 0.5) is 0 Å². The summed E-state index contributed by atoms with van der Waals surface area (Å²) in [4.78, 5) is 4.32. The Morgan fingerprint density at radius 1 is 1.15 bits per heavy atom. The summed E-state index contributed by atoms with van der Waals surface area (Å²) < 4.78 is 7.06. The van der Waals surface area contributed by atoms with E-state index in [4.69, 9.17) is 4.74 Å². The highest BCUT2D eigenvalue weighted by atomic mass is 79.9. The summed E-state index contributed by atoms with van der Waals surface area (Å²) in [5.41, 5.74) is 3.32. The first kappa shape index (κ1) is 15.0. The predicted molar refractivity (Wildman–Crippen MR) is 85.3 cm³/mol. The minimum Gasteiger partial charge on any atom is -0.457 e. The van der Waals surface area contributed by atoms with E-state index < -0.39 is 0 Å². The largest absolute Gasteiger partial charge is 0.457 e. The molecule has 0 aliphatic carbocycles. The van der Waals surface area contributed by atoms with Crippen molar-refractivity contribution < 1.29 is 4.74 Å². The average Bonchev–Trinajstić information content (AvgIpc) is 2.43. The Kier molecular flexibility index (Phi) is 5.15. The van der Waals surface area contributed by atoms with Gasteiger partial charge in [-0.05, 0) is 49.7 Å². The number of aryl methyl sites for hydroxylation is 2. The fourth-order valence-corrected chi connectivity index (χ4v) is 2.20. The third kappa shape index (κ3) is 3.81. The molecule has 0 spiro atoms. The van der Waals surface area contributed by atoms with Gasteiger partial charge in [0.25, 0.3) is 0 Å². The molecule has 106 valence electrons. The second-order valence-electron chi connectivity index (χ2n) is 4.74. The number of benzene rings is 1. The maximum atomic E-state index is 5.93. The average molecular weight is 335 g/mol. The van der Waals surface area contributed by atoms with Crippen LogP contribution >= 0.6 is 15.9 Å². The molecule has 0 amide bonds. The summed E-state index contributed by atoms with van der Waals surface area (Å²) in [5, 5.41) is 3.26. The van der Waals surface area contributed by atoms with Crippen molar-refractivity contribution in [1.29, 1.82) is 0 Å². The Balaban J connectivity index is 2.17. The quantitative estimate of drug-likeness (QED) is 0.881. The monoisotopic (exact) mass is 334 g/mol. The van der Waals surface area contributed by atoms with E-state index in [0.717, 1.165) is 34.8 Å². The molecule has 0 atom stereocenters. The number of hydrogen-bond acceptors (Lipinski definition) is 3. The molecule has 0 bridgehead atoms. The van der Waals surface area contributed by atoms with E-state index in [9.17, 15) is 0 Å². The summed E-state index contributed by atoms with van der Waals surface area (Å²) >= 11 is 3.56. The van der Waals surface area contributed by atoms with Gasteiger partial charge in [-0.15, -0.1) is 0 Å². The summed E-state index contributed by atoms with van der Waals surface area (Å²) in [6.45, 7) is 7.89. The lowest BCUT2D eigenvalue weighted by Gasteiger charge is -2.10. The van der Waals surface area contributed by atoms with Crippen LogP contribution in [-0.2, 0) is 6.54 Å². The normalized spacial score (nSPS) is 10.6. The third-order valence-corrected chi connectivity index (χ3v) is 4.24. The summed E-state index contributed by atoms with van der Waals surface area (Å²) in [6.07, 6.45) is 1.78. The Bertz CT molecular complexity index is 576. The van der Waals surface area contributed by atoms with Crippen LogP contribution in [0.15, 0.2) is 34.9 Å². The van der Waals surface area contributed by atoms with Gasteiger partial charge in [0.15, 0.2) is 0 Å². The van der Waals surface area contributed by atoms with Crippen molar-refractivity contribution in [1.82, 2.24) is 10.3 Å². The Morgan fingerprint density at radius 3 is 2.50 bits per heavy atom. The van der Waals surface area contributed by atoms with Crippen molar-refractivity contribution >= 4 is 15.9 Å². The zero-order valence-corrected chi connectivity index (χ0v) is 13.6. The number of halogens is 1. The highest BCUT2D eigenvalue weighted by Gasteiger charge is 2.05. The Hall–Kier alpha value is -1.39. The molecule has 20 heavy (non-hydrogen) atoms. The van der Waals surface area contributed by atoms with E-state index in [1.165, 1.54) is 11.1 Å². The second kappa shape index (κ2) is 6.86. The fraction of sp³-hybridized carbons (Fsp3) is 0.312. The van der Waals surface area contributed by atoms with Gasteiger partial charge < -0.3 is 10.1 Å². The topological polar surface area (TPSA) is 34.1 Å². The number of hydrogen-bond donors (Lipinski definition) is 1. The number of pyridine rings is 1. The zero-order chi connectivity index (χ0) is 14.5. The molecule has 2 aromatic rings. The first-order valence-corrected chi connectivity index (χ1v) is 7.49. The van der Waals surface area contributed by atoms with Crippen molar-refractivity contribution in [3.05, 3.63) is 51.8 Å². The number of nitrogens with one attached hydrogen (secondary N) is 1. The molecule has 0 saturated heterocycles. The first-order chi connectivity index (χ1) is 9.60. The van der Waals surface area contributed by atoms with Crippen molar-refractivity contribution in [2.75, 3.05) is 6.54 Å². The molecule has 0 aliphatic rings. The van der Waals surface area contributed by atoms with Crippen molar-refractivity contribution in [2.45, 2.75) is 27.3 Å². The van der Waals surface area contributed by atoms with Crippen molar-refractivity contribution in [2.24, 2.45) is 0 Å². The van der Waals surface area contributed by atoms with Gasteiger partial charge >= 0.3 is 0 Å². The van der Waals surface area contributed by atoms with E-state index in [1.807, 2.05) is 24.3 Å². The molecule has 1 N–H and O–H groups in total. The molecule has 1 heterocycles. The Labute approximate surface area is 128 Å². The van der Waals surface area contributed by atoms with E-state index in [2.05, 4.69) is 47.0 Å². The van der Waals surface area contributed by atoms with Gasteiger partial charge in [-0.3, -0.25) is 4.98 Å².